The van der Waals surface area contributed by atoms with Crippen LogP contribution in [0.5, 0.6) is 5.75 Å². The minimum atomic E-state index is -0.133. The van der Waals surface area contributed by atoms with Gasteiger partial charge in [-0.2, -0.15) is 0 Å². The highest BCUT2D eigenvalue weighted by molar-refractivity contribution is 5.34. The number of nitrogens with two attached hydrogens (primary N) is 1. The second-order valence-corrected chi connectivity index (χ2v) is 3.86. The minimum Gasteiger partial charge on any atom is -0.494 e. The molecule has 0 saturated heterocycles. The highest BCUT2D eigenvalue weighted by Gasteiger charge is 2.13. The fourth-order valence-electron chi connectivity index (χ4n) is 1.85. The van der Waals surface area contributed by atoms with E-state index in [0.29, 0.717) is 6.61 Å². The molecule has 1 aromatic carbocycles. The van der Waals surface area contributed by atoms with Crippen molar-refractivity contribution in [2.75, 3.05) is 6.61 Å². The Hall–Kier alpha value is -1.91. The van der Waals surface area contributed by atoms with Crippen molar-refractivity contribution >= 4 is 0 Å². The molecule has 2 rings (SSSR count). The Labute approximate surface area is 107 Å². The largest absolute Gasteiger partial charge is 0.494 e. The number of hydrogen-bond donors (Lipinski definition) is 2. The van der Waals surface area contributed by atoms with Crippen LogP contribution in [0, 0.1) is 0 Å². The van der Waals surface area contributed by atoms with Gasteiger partial charge in [-0.05, 0) is 36.8 Å². The van der Waals surface area contributed by atoms with Gasteiger partial charge in [0, 0.05) is 6.20 Å². The summed E-state index contributed by atoms with van der Waals surface area (Å²) in [7, 11) is 0. The molecule has 1 aromatic heterocycles. The summed E-state index contributed by atoms with van der Waals surface area (Å²) in [5.74, 6) is 6.47. The van der Waals surface area contributed by atoms with Gasteiger partial charge in [0.2, 0.25) is 0 Å². The molecule has 4 heteroatoms. The van der Waals surface area contributed by atoms with Crippen molar-refractivity contribution in [2.24, 2.45) is 5.84 Å². The molecule has 0 amide bonds. The molecular weight excluding hydrogens is 226 g/mol. The van der Waals surface area contributed by atoms with Crippen LogP contribution in [0.25, 0.3) is 0 Å². The van der Waals surface area contributed by atoms with Gasteiger partial charge in [0.05, 0.1) is 18.3 Å². The van der Waals surface area contributed by atoms with E-state index >= 15 is 0 Å². The van der Waals surface area contributed by atoms with Crippen LogP contribution in [0.2, 0.25) is 0 Å². The van der Waals surface area contributed by atoms with Gasteiger partial charge >= 0.3 is 0 Å². The Morgan fingerprint density at radius 2 is 2.17 bits per heavy atom. The Morgan fingerprint density at radius 1 is 1.28 bits per heavy atom. The van der Waals surface area contributed by atoms with Gasteiger partial charge in [-0.25, -0.2) is 5.43 Å². The number of hydrogen-bond acceptors (Lipinski definition) is 4. The second-order valence-electron chi connectivity index (χ2n) is 3.86. The van der Waals surface area contributed by atoms with E-state index in [1.165, 1.54) is 0 Å². The predicted octanol–water partition coefficient (Wildman–Crippen LogP) is 2.03. The van der Waals surface area contributed by atoms with Crippen LogP contribution >= 0.6 is 0 Å². The molecule has 0 bridgehead atoms. The van der Waals surface area contributed by atoms with Crippen molar-refractivity contribution in [3.05, 3.63) is 59.9 Å². The number of aromatic nitrogens is 1. The van der Waals surface area contributed by atoms with Gasteiger partial charge in [-0.15, -0.1) is 0 Å². The number of nitrogens with one attached hydrogen (secondary N) is 1. The van der Waals surface area contributed by atoms with E-state index in [0.717, 1.165) is 17.0 Å². The Morgan fingerprint density at radius 3 is 2.83 bits per heavy atom. The SMILES string of the molecule is CCOc1cccc(C(NN)c2ccccn2)c1. The number of benzene rings is 1. The number of rotatable bonds is 5. The molecule has 0 radical (unpaired) electrons. The summed E-state index contributed by atoms with van der Waals surface area (Å²) in [6, 6.07) is 13.5. The summed E-state index contributed by atoms with van der Waals surface area (Å²) in [6.07, 6.45) is 1.76. The summed E-state index contributed by atoms with van der Waals surface area (Å²) in [4.78, 5) is 4.32. The zero-order valence-corrected chi connectivity index (χ0v) is 10.3. The quantitative estimate of drug-likeness (QED) is 0.623. The van der Waals surface area contributed by atoms with E-state index < -0.39 is 0 Å². The molecule has 2 aromatic rings. The standard InChI is InChI=1S/C14H17N3O/c1-2-18-12-7-5-6-11(10-12)14(17-15)13-8-3-4-9-16-13/h3-10,14,17H,2,15H2,1H3. The molecule has 18 heavy (non-hydrogen) atoms. The lowest BCUT2D eigenvalue weighted by molar-refractivity contribution is 0.339. The molecule has 1 unspecified atom stereocenters. The summed E-state index contributed by atoms with van der Waals surface area (Å²) < 4.78 is 5.49. The van der Waals surface area contributed by atoms with Crippen LogP contribution in [-0.2, 0) is 0 Å². The molecule has 0 aliphatic heterocycles. The van der Waals surface area contributed by atoms with Crippen molar-refractivity contribution < 1.29 is 4.74 Å². The number of hydrazine groups is 1. The molecule has 4 nitrogen and oxygen atoms in total. The Kier molecular flexibility index (Phi) is 4.28. The third-order valence-electron chi connectivity index (χ3n) is 2.65. The van der Waals surface area contributed by atoms with Gasteiger partial charge in [0.15, 0.2) is 0 Å². The molecule has 3 N–H and O–H groups in total. The first-order valence-corrected chi connectivity index (χ1v) is 5.95. The summed E-state index contributed by atoms with van der Waals surface area (Å²) >= 11 is 0. The molecule has 0 fully saturated rings. The predicted molar refractivity (Wildman–Crippen MR) is 71.0 cm³/mol. The van der Waals surface area contributed by atoms with Crippen LogP contribution in [0.4, 0.5) is 0 Å². The monoisotopic (exact) mass is 243 g/mol. The van der Waals surface area contributed by atoms with E-state index in [1.54, 1.807) is 6.20 Å². The Bertz CT molecular complexity index is 487. The van der Waals surface area contributed by atoms with E-state index in [4.69, 9.17) is 10.6 Å². The van der Waals surface area contributed by atoms with Crippen LogP contribution in [0.3, 0.4) is 0 Å². The maximum atomic E-state index is 5.63. The molecular formula is C14H17N3O. The van der Waals surface area contributed by atoms with Crippen molar-refractivity contribution in [1.82, 2.24) is 10.4 Å². The Balaban J connectivity index is 2.30. The summed E-state index contributed by atoms with van der Waals surface area (Å²) in [6.45, 7) is 2.61. The first-order chi connectivity index (χ1) is 8.85. The lowest BCUT2D eigenvalue weighted by Crippen LogP contribution is -2.29. The molecule has 0 saturated carbocycles. The van der Waals surface area contributed by atoms with Crippen molar-refractivity contribution in [3.63, 3.8) is 0 Å². The smallest absolute Gasteiger partial charge is 0.119 e. The van der Waals surface area contributed by atoms with Crippen LogP contribution in [0.15, 0.2) is 48.7 Å². The van der Waals surface area contributed by atoms with E-state index in [2.05, 4.69) is 10.4 Å². The van der Waals surface area contributed by atoms with Gasteiger partial charge in [0.1, 0.15) is 5.75 Å². The average molecular weight is 243 g/mol. The van der Waals surface area contributed by atoms with Crippen molar-refractivity contribution in [2.45, 2.75) is 13.0 Å². The third-order valence-corrected chi connectivity index (χ3v) is 2.65. The van der Waals surface area contributed by atoms with E-state index in [-0.39, 0.29) is 6.04 Å². The average Bonchev–Trinajstić information content (AvgIpc) is 2.42. The third kappa shape index (κ3) is 2.85. The molecule has 0 aliphatic rings. The molecule has 94 valence electrons. The number of ether oxygens (including phenoxy) is 1. The first kappa shape index (κ1) is 12.5. The fourth-order valence-corrected chi connectivity index (χ4v) is 1.85. The highest BCUT2D eigenvalue weighted by Crippen LogP contribution is 2.23. The van der Waals surface area contributed by atoms with Gasteiger partial charge in [-0.3, -0.25) is 10.8 Å². The van der Waals surface area contributed by atoms with Gasteiger partial charge in [0.25, 0.3) is 0 Å². The van der Waals surface area contributed by atoms with Crippen LogP contribution in [-0.4, -0.2) is 11.6 Å². The number of pyridine rings is 1. The number of nitrogens with zero attached hydrogens (tertiary/aromatic N) is 1. The van der Waals surface area contributed by atoms with Crippen molar-refractivity contribution in [1.29, 1.82) is 0 Å². The minimum absolute atomic E-state index is 0.133. The highest BCUT2D eigenvalue weighted by atomic mass is 16.5. The lowest BCUT2D eigenvalue weighted by Gasteiger charge is -2.16. The lowest BCUT2D eigenvalue weighted by atomic mass is 10.0. The fraction of sp³-hybridized carbons (Fsp3) is 0.214. The summed E-state index contributed by atoms with van der Waals surface area (Å²) in [5, 5.41) is 0. The van der Waals surface area contributed by atoms with E-state index in [1.807, 2.05) is 49.4 Å². The van der Waals surface area contributed by atoms with Crippen LogP contribution < -0.4 is 16.0 Å². The molecule has 1 atom stereocenters. The topological polar surface area (TPSA) is 60.2 Å². The van der Waals surface area contributed by atoms with Crippen molar-refractivity contribution in [3.8, 4) is 5.75 Å². The molecule has 1 heterocycles. The summed E-state index contributed by atoms with van der Waals surface area (Å²) in [5.41, 5.74) is 4.70. The normalized spacial score (nSPS) is 12.1. The van der Waals surface area contributed by atoms with Gasteiger partial charge < -0.3 is 4.74 Å². The zero-order chi connectivity index (χ0) is 12.8. The zero-order valence-electron chi connectivity index (χ0n) is 10.3. The van der Waals surface area contributed by atoms with Gasteiger partial charge in [-0.1, -0.05) is 18.2 Å². The second kappa shape index (κ2) is 6.14. The maximum absolute atomic E-state index is 5.63. The molecule has 0 spiro atoms. The van der Waals surface area contributed by atoms with Crippen LogP contribution in [0.1, 0.15) is 24.2 Å². The van der Waals surface area contributed by atoms with E-state index in [9.17, 15) is 0 Å². The molecule has 0 aliphatic carbocycles. The maximum Gasteiger partial charge on any atom is 0.119 e. The first-order valence-electron chi connectivity index (χ1n) is 5.95.